The van der Waals surface area contributed by atoms with Crippen LogP contribution in [0.1, 0.15) is 22.8 Å². The van der Waals surface area contributed by atoms with Crippen LogP contribution < -0.4 is 9.64 Å². The third-order valence-electron chi connectivity index (χ3n) is 3.65. The number of halogens is 2. The SMILES string of the molecule is CC1Oc2cc(C=O)ccc2N(Cc2ccc(F)c(F)c2)C1=O. The first-order valence-corrected chi connectivity index (χ1v) is 7.01. The lowest BCUT2D eigenvalue weighted by Gasteiger charge is -2.33. The van der Waals surface area contributed by atoms with Crippen LogP contribution in [0.4, 0.5) is 14.5 Å². The molecule has 1 amide bonds. The van der Waals surface area contributed by atoms with E-state index < -0.39 is 17.7 Å². The molecule has 0 saturated heterocycles. The van der Waals surface area contributed by atoms with Crippen molar-refractivity contribution >= 4 is 17.9 Å². The number of carbonyl (C=O) groups excluding carboxylic acids is 2. The second-order valence-corrected chi connectivity index (χ2v) is 5.28. The second-order valence-electron chi connectivity index (χ2n) is 5.28. The summed E-state index contributed by atoms with van der Waals surface area (Å²) in [6.07, 6.45) is -0.0422. The Morgan fingerprint density at radius 1 is 1.17 bits per heavy atom. The highest BCUT2D eigenvalue weighted by Gasteiger charge is 2.31. The zero-order valence-electron chi connectivity index (χ0n) is 12.3. The number of anilines is 1. The number of nitrogens with zero attached hydrogens (tertiary/aromatic N) is 1. The standard InChI is InChI=1S/C17H13F2NO3/c1-10-17(22)20(8-11-2-4-13(18)14(19)6-11)15-5-3-12(9-21)7-16(15)23-10/h2-7,9-10H,8H2,1H3. The van der Waals surface area contributed by atoms with Gasteiger partial charge >= 0.3 is 0 Å². The summed E-state index contributed by atoms with van der Waals surface area (Å²) in [5.41, 5.74) is 1.37. The van der Waals surface area contributed by atoms with E-state index >= 15 is 0 Å². The van der Waals surface area contributed by atoms with Crippen molar-refractivity contribution in [2.45, 2.75) is 19.6 Å². The highest BCUT2D eigenvalue weighted by molar-refractivity contribution is 6.00. The van der Waals surface area contributed by atoms with E-state index in [-0.39, 0.29) is 12.5 Å². The summed E-state index contributed by atoms with van der Waals surface area (Å²) in [6.45, 7) is 1.67. The van der Waals surface area contributed by atoms with Gasteiger partial charge in [0.05, 0.1) is 12.2 Å². The highest BCUT2D eigenvalue weighted by atomic mass is 19.2. The monoisotopic (exact) mass is 317 g/mol. The van der Waals surface area contributed by atoms with E-state index in [0.29, 0.717) is 28.8 Å². The Balaban J connectivity index is 1.99. The number of fused-ring (bicyclic) bond motifs is 1. The third-order valence-corrected chi connectivity index (χ3v) is 3.65. The van der Waals surface area contributed by atoms with E-state index in [1.807, 2.05) is 0 Å². The molecule has 1 aliphatic heterocycles. The summed E-state index contributed by atoms with van der Waals surface area (Å²) in [7, 11) is 0. The summed E-state index contributed by atoms with van der Waals surface area (Å²) in [5.74, 6) is -1.79. The van der Waals surface area contributed by atoms with Crippen LogP contribution in [0, 0.1) is 11.6 Å². The van der Waals surface area contributed by atoms with E-state index in [0.717, 1.165) is 12.1 Å². The number of amides is 1. The molecular formula is C17H13F2NO3. The minimum absolute atomic E-state index is 0.0805. The maximum atomic E-state index is 13.4. The first kappa shape index (κ1) is 15.1. The van der Waals surface area contributed by atoms with Gasteiger partial charge in [-0.05, 0) is 42.8 Å². The molecule has 2 aromatic rings. The molecule has 23 heavy (non-hydrogen) atoms. The Hall–Kier alpha value is -2.76. The van der Waals surface area contributed by atoms with Gasteiger partial charge in [-0.3, -0.25) is 9.59 Å². The van der Waals surface area contributed by atoms with E-state index in [9.17, 15) is 18.4 Å². The highest BCUT2D eigenvalue weighted by Crippen LogP contribution is 2.35. The lowest BCUT2D eigenvalue weighted by atomic mass is 10.1. The number of rotatable bonds is 3. The first-order valence-electron chi connectivity index (χ1n) is 7.01. The smallest absolute Gasteiger partial charge is 0.268 e. The summed E-state index contributed by atoms with van der Waals surface area (Å²) >= 11 is 0. The first-order chi connectivity index (χ1) is 11.0. The number of hydrogen-bond acceptors (Lipinski definition) is 3. The molecule has 1 atom stereocenters. The lowest BCUT2D eigenvalue weighted by Crippen LogP contribution is -2.44. The van der Waals surface area contributed by atoms with Gasteiger partial charge in [0, 0.05) is 5.56 Å². The zero-order chi connectivity index (χ0) is 16.6. The molecule has 1 heterocycles. The maximum absolute atomic E-state index is 13.4. The fourth-order valence-corrected chi connectivity index (χ4v) is 2.48. The molecule has 0 fully saturated rings. The molecule has 0 saturated carbocycles. The van der Waals surface area contributed by atoms with Crippen LogP contribution in [-0.4, -0.2) is 18.3 Å². The molecule has 4 nitrogen and oxygen atoms in total. The van der Waals surface area contributed by atoms with Gasteiger partial charge in [-0.25, -0.2) is 8.78 Å². The molecule has 0 N–H and O–H groups in total. The van der Waals surface area contributed by atoms with Crippen molar-refractivity contribution < 1.29 is 23.1 Å². The van der Waals surface area contributed by atoms with E-state index in [1.54, 1.807) is 25.1 Å². The van der Waals surface area contributed by atoms with Gasteiger partial charge < -0.3 is 9.64 Å². The average molecular weight is 317 g/mol. The Morgan fingerprint density at radius 2 is 1.96 bits per heavy atom. The van der Waals surface area contributed by atoms with Gasteiger partial charge in [-0.1, -0.05) is 6.07 Å². The molecule has 0 aliphatic carbocycles. The van der Waals surface area contributed by atoms with E-state index in [4.69, 9.17) is 4.74 Å². The van der Waals surface area contributed by atoms with Crippen molar-refractivity contribution in [2.24, 2.45) is 0 Å². The van der Waals surface area contributed by atoms with Crippen LogP contribution >= 0.6 is 0 Å². The second kappa shape index (κ2) is 5.79. The number of hydrogen-bond donors (Lipinski definition) is 0. The average Bonchev–Trinajstić information content (AvgIpc) is 2.54. The van der Waals surface area contributed by atoms with E-state index in [2.05, 4.69) is 0 Å². The topological polar surface area (TPSA) is 46.6 Å². The molecular weight excluding hydrogens is 304 g/mol. The van der Waals surface area contributed by atoms with Gasteiger partial charge in [0.2, 0.25) is 0 Å². The Bertz CT molecular complexity index is 791. The largest absolute Gasteiger partial charge is 0.479 e. The Kier molecular flexibility index (Phi) is 3.82. The predicted octanol–water partition coefficient (Wildman–Crippen LogP) is 3.09. The van der Waals surface area contributed by atoms with Crippen LogP contribution in [0.15, 0.2) is 36.4 Å². The number of benzene rings is 2. The fourth-order valence-electron chi connectivity index (χ4n) is 2.48. The van der Waals surface area contributed by atoms with Crippen LogP contribution in [0.5, 0.6) is 5.75 Å². The molecule has 1 unspecified atom stereocenters. The maximum Gasteiger partial charge on any atom is 0.268 e. The van der Waals surface area contributed by atoms with E-state index in [1.165, 1.54) is 11.0 Å². The van der Waals surface area contributed by atoms with Crippen molar-refractivity contribution in [1.29, 1.82) is 0 Å². The molecule has 0 spiro atoms. The molecule has 0 radical (unpaired) electrons. The van der Waals surface area contributed by atoms with Crippen molar-refractivity contribution in [2.75, 3.05) is 4.90 Å². The third kappa shape index (κ3) is 2.79. The normalized spacial score (nSPS) is 16.7. The minimum atomic E-state index is -0.965. The molecule has 0 bridgehead atoms. The lowest BCUT2D eigenvalue weighted by molar-refractivity contribution is -0.125. The van der Waals surface area contributed by atoms with Gasteiger partial charge in [-0.15, -0.1) is 0 Å². The van der Waals surface area contributed by atoms with Gasteiger partial charge in [0.25, 0.3) is 5.91 Å². The van der Waals surface area contributed by atoms with Crippen LogP contribution in [0.3, 0.4) is 0 Å². The van der Waals surface area contributed by atoms with Crippen molar-refractivity contribution in [1.82, 2.24) is 0 Å². The van der Waals surface area contributed by atoms with Crippen molar-refractivity contribution in [3.8, 4) is 5.75 Å². The fraction of sp³-hybridized carbons (Fsp3) is 0.176. The van der Waals surface area contributed by atoms with Crippen LogP contribution in [-0.2, 0) is 11.3 Å². The van der Waals surface area contributed by atoms with Gasteiger partial charge in [0.1, 0.15) is 12.0 Å². The van der Waals surface area contributed by atoms with Gasteiger partial charge in [0.15, 0.2) is 17.7 Å². The number of carbonyl (C=O) groups is 2. The molecule has 2 aromatic carbocycles. The summed E-state index contributed by atoms with van der Waals surface area (Å²) in [5, 5.41) is 0. The Labute approximate surface area is 131 Å². The van der Waals surface area contributed by atoms with Gasteiger partial charge in [-0.2, -0.15) is 0 Å². The molecule has 3 rings (SSSR count). The zero-order valence-corrected chi connectivity index (χ0v) is 12.3. The number of aldehydes is 1. The molecule has 0 aromatic heterocycles. The minimum Gasteiger partial charge on any atom is -0.479 e. The quantitative estimate of drug-likeness (QED) is 0.817. The summed E-state index contributed by atoms with van der Waals surface area (Å²) in [4.78, 5) is 24.7. The number of ether oxygens (including phenoxy) is 1. The summed E-state index contributed by atoms with van der Waals surface area (Å²) in [6, 6.07) is 8.21. The van der Waals surface area contributed by atoms with Crippen LogP contribution in [0.25, 0.3) is 0 Å². The van der Waals surface area contributed by atoms with Crippen LogP contribution in [0.2, 0.25) is 0 Å². The van der Waals surface area contributed by atoms with Crippen molar-refractivity contribution in [3.05, 3.63) is 59.2 Å². The van der Waals surface area contributed by atoms with Crippen molar-refractivity contribution in [3.63, 3.8) is 0 Å². The molecule has 118 valence electrons. The Morgan fingerprint density at radius 3 is 2.65 bits per heavy atom. The molecule has 1 aliphatic rings. The predicted molar refractivity (Wildman–Crippen MR) is 79.5 cm³/mol. The summed E-state index contributed by atoms with van der Waals surface area (Å²) < 4.78 is 31.9. The molecule has 6 heteroatoms.